The summed E-state index contributed by atoms with van der Waals surface area (Å²) in [6, 6.07) is 14.0. The van der Waals surface area contributed by atoms with E-state index >= 15 is 0 Å². The van der Waals surface area contributed by atoms with Gasteiger partial charge in [-0.1, -0.05) is 36.4 Å². The number of hydrogen-bond acceptors (Lipinski definition) is 3. The third-order valence-electron chi connectivity index (χ3n) is 3.61. The number of rotatable bonds is 5. The van der Waals surface area contributed by atoms with E-state index in [9.17, 15) is 15.0 Å². The second-order valence-corrected chi connectivity index (χ2v) is 5.54. The molecule has 2 rings (SSSR count). The minimum atomic E-state index is -0.622. The van der Waals surface area contributed by atoms with Gasteiger partial charge < -0.3 is 15.5 Å². The van der Waals surface area contributed by atoms with E-state index in [1.807, 2.05) is 37.3 Å². The predicted octanol–water partition coefficient (Wildman–Crippen LogP) is 2.94. The molecule has 4 heteroatoms. The van der Waals surface area contributed by atoms with E-state index in [0.29, 0.717) is 12.0 Å². The van der Waals surface area contributed by atoms with Gasteiger partial charge in [0.1, 0.15) is 5.75 Å². The molecule has 1 amide bonds. The lowest BCUT2D eigenvalue weighted by molar-refractivity contribution is 0.0916. The maximum absolute atomic E-state index is 12.1. The Balaban J connectivity index is 1.95. The average Bonchev–Trinajstić information content (AvgIpc) is 2.50. The highest BCUT2D eigenvalue weighted by atomic mass is 16.3. The lowest BCUT2D eigenvalue weighted by atomic mass is 10.0. The lowest BCUT2D eigenvalue weighted by Crippen LogP contribution is -2.33. The highest BCUT2D eigenvalue weighted by molar-refractivity contribution is 5.94. The Morgan fingerprint density at radius 3 is 2.50 bits per heavy atom. The Hall–Kier alpha value is -2.33. The number of carbonyl (C=O) groups excluding carboxylic acids is 1. The zero-order valence-corrected chi connectivity index (χ0v) is 12.8. The molecule has 0 aromatic heterocycles. The Morgan fingerprint density at radius 2 is 1.86 bits per heavy atom. The van der Waals surface area contributed by atoms with Crippen molar-refractivity contribution in [2.75, 3.05) is 0 Å². The number of hydrogen-bond donors (Lipinski definition) is 3. The SMILES string of the molecule is Cc1ccc(C(=O)NC(C)CC(O)c2ccccc2)cc1O. The summed E-state index contributed by atoms with van der Waals surface area (Å²) in [6.07, 6.45) is -0.198. The summed E-state index contributed by atoms with van der Waals surface area (Å²) in [5.74, 6) is -0.160. The van der Waals surface area contributed by atoms with Crippen LogP contribution in [0.15, 0.2) is 48.5 Å². The van der Waals surface area contributed by atoms with Crippen LogP contribution in [0.3, 0.4) is 0 Å². The van der Waals surface area contributed by atoms with Crippen molar-refractivity contribution in [1.29, 1.82) is 0 Å². The number of aryl methyl sites for hydroxylation is 1. The van der Waals surface area contributed by atoms with Crippen LogP contribution < -0.4 is 5.32 Å². The van der Waals surface area contributed by atoms with E-state index in [4.69, 9.17) is 0 Å². The Morgan fingerprint density at radius 1 is 1.18 bits per heavy atom. The van der Waals surface area contributed by atoms with Crippen molar-refractivity contribution in [3.63, 3.8) is 0 Å². The van der Waals surface area contributed by atoms with Crippen LogP contribution in [-0.2, 0) is 0 Å². The first-order valence-electron chi connectivity index (χ1n) is 7.31. The van der Waals surface area contributed by atoms with E-state index in [-0.39, 0.29) is 17.7 Å². The molecule has 0 radical (unpaired) electrons. The van der Waals surface area contributed by atoms with Crippen molar-refractivity contribution >= 4 is 5.91 Å². The van der Waals surface area contributed by atoms with E-state index in [0.717, 1.165) is 11.1 Å². The minimum absolute atomic E-state index is 0.102. The van der Waals surface area contributed by atoms with Crippen molar-refractivity contribution in [3.05, 3.63) is 65.2 Å². The molecule has 0 aliphatic carbocycles. The second-order valence-electron chi connectivity index (χ2n) is 5.54. The number of benzene rings is 2. The van der Waals surface area contributed by atoms with Gasteiger partial charge in [0.05, 0.1) is 6.10 Å². The number of phenols is 1. The summed E-state index contributed by atoms with van der Waals surface area (Å²) >= 11 is 0. The average molecular weight is 299 g/mol. The monoisotopic (exact) mass is 299 g/mol. The zero-order valence-electron chi connectivity index (χ0n) is 12.8. The molecule has 0 heterocycles. The van der Waals surface area contributed by atoms with Crippen LogP contribution in [0.25, 0.3) is 0 Å². The number of amides is 1. The molecule has 2 aromatic carbocycles. The quantitative estimate of drug-likeness (QED) is 0.795. The largest absolute Gasteiger partial charge is 0.508 e. The highest BCUT2D eigenvalue weighted by Gasteiger charge is 2.15. The summed E-state index contributed by atoms with van der Waals surface area (Å²) in [4.78, 5) is 12.1. The summed E-state index contributed by atoms with van der Waals surface area (Å²) in [7, 11) is 0. The topological polar surface area (TPSA) is 69.6 Å². The normalized spacial score (nSPS) is 13.4. The fraction of sp³-hybridized carbons (Fsp3) is 0.278. The molecule has 0 aliphatic rings. The number of aromatic hydroxyl groups is 1. The summed E-state index contributed by atoms with van der Waals surface area (Å²) in [5, 5.41) is 22.7. The van der Waals surface area contributed by atoms with Crippen molar-refractivity contribution in [2.24, 2.45) is 0 Å². The van der Waals surface area contributed by atoms with Crippen molar-refractivity contribution < 1.29 is 15.0 Å². The van der Waals surface area contributed by atoms with Gasteiger partial charge in [-0.3, -0.25) is 4.79 Å². The van der Waals surface area contributed by atoms with Gasteiger partial charge in [0.2, 0.25) is 0 Å². The minimum Gasteiger partial charge on any atom is -0.508 e. The predicted molar refractivity (Wildman–Crippen MR) is 85.8 cm³/mol. The molecule has 0 aliphatic heterocycles. The van der Waals surface area contributed by atoms with Gasteiger partial charge in [-0.25, -0.2) is 0 Å². The molecule has 116 valence electrons. The number of nitrogens with one attached hydrogen (secondary N) is 1. The summed E-state index contributed by atoms with van der Waals surface area (Å²) in [6.45, 7) is 3.62. The highest BCUT2D eigenvalue weighted by Crippen LogP contribution is 2.19. The first-order chi connectivity index (χ1) is 10.5. The van der Waals surface area contributed by atoms with Gasteiger partial charge >= 0.3 is 0 Å². The molecule has 3 N–H and O–H groups in total. The molecule has 2 unspecified atom stereocenters. The molecular formula is C18H21NO3. The third kappa shape index (κ3) is 4.09. The van der Waals surface area contributed by atoms with Gasteiger partial charge in [0.25, 0.3) is 5.91 Å². The van der Waals surface area contributed by atoms with Crippen molar-refractivity contribution in [1.82, 2.24) is 5.32 Å². The second kappa shape index (κ2) is 7.09. The van der Waals surface area contributed by atoms with E-state index in [1.165, 1.54) is 6.07 Å². The van der Waals surface area contributed by atoms with Crippen LogP contribution in [0.2, 0.25) is 0 Å². The zero-order chi connectivity index (χ0) is 16.1. The standard InChI is InChI=1S/C18H21NO3/c1-12-8-9-15(11-16(12)20)18(22)19-13(2)10-17(21)14-6-4-3-5-7-14/h3-9,11,13,17,20-21H,10H2,1-2H3,(H,19,22). The maximum atomic E-state index is 12.1. The smallest absolute Gasteiger partial charge is 0.251 e. The fourth-order valence-electron chi connectivity index (χ4n) is 2.26. The third-order valence-corrected chi connectivity index (χ3v) is 3.61. The molecule has 22 heavy (non-hydrogen) atoms. The Bertz CT molecular complexity index is 640. The first-order valence-corrected chi connectivity index (χ1v) is 7.31. The lowest BCUT2D eigenvalue weighted by Gasteiger charge is -2.18. The number of aliphatic hydroxyl groups excluding tert-OH is 1. The molecule has 0 spiro atoms. The molecule has 2 atom stereocenters. The van der Waals surface area contributed by atoms with Crippen LogP contribution >= 0.6 is 0 Å². The van der Waals surface area contributed by atoms with Crippen LogP contribution in [0.1, 0.15) is 40.9 Å². The van der Waals surface area contributed by atoms with Crippen LogP contribution in [-0.4, -0.2) is 22.2 Å². The van der Waals surface area contributed by atoms with Gasteiger partial charge in [-0.2, -0.15) is 0 Å². The molecule has 0 saturated heterocycles. The van der Waals surface area contributed by atoms with Crippen molar-refractivity contribution in [2.45, 2.75) is 32.4 Å². The van der Waals surface area contributed by atoms with E-state index < -0.39 is 6.10 Å². The number of carbonyl (C=O) groups is 1. The molecule has 0 saturated carbocycles. The van der Waals surface area contributed by atoms with Crippen molar-refractivity contribution in [3.8, 4) is 5.75 Å². The first kappa shape index (κ1) is 16.0. The molecular weight excluding hydrogens is 278 g/mol. The molecule has 2 aromatic rings. The van der Waals surface area contributed by atoms with E-state index in [1.54, 1.807) is 19.1 Å². The van der Waals surface area contributed by atoms with Gasteiger partial charge in [-0.15, -0.1) is 0 Å². The van der Waals surface area contributed by atoms with E-state index in [2.05, 4.69) is 5.32 Å². The fourth-order valence-corrected chi connectivity index (χ4v) is 2.26. The van der Waals surface area contributed by atoms with Gasteiger partial charge in [-0.05, 0) is 43.5 Å². The number of aliphatic hydroxyl groups is 1. The molecule has 4 nitrogen and oxygen atoms in total. The molecule has 0 bridgehead atoms. The summed E-state index contributed by atoms with van der Waals surface area (Å²) < 4.78 is 0. The molecule has 0 fully saturated rings. The Kier molecular flexibility index (Phi) is 5.17. The van der Waals surface area contributed by atoms with Crippen LogP contribution in [0.4, 0.5) is 0 Å². The number of phenolic OH excluding ortho intramolecular Hbond substituents is 1. The van der Waals surface area contributed by atoms with Gasteiger partial charge in [0.15, 0.2) is 0 Å². The summed E-state index contributed by atoms with van der Waals surface area (Å²) in [5.41, 5.74) is 1.96. The van der Waals surface area contributed by atoms with Gasteiger partial charge in [0, 0.05) is 11.6 Å². The van der Waals surface area contributed by atoms with Crippen LogP contribution in [0, 0.1) is 6.92 Å². The maximum Gasteiger partial charge on any atom is 0.251 e. The Labute approximate surface area is 130 Å². The van der Waals surface area contributed by atoms with Crippen LogP contribution in [0.5, 0.6) is 5.75 Å².